The second-order valence-corrected chi connectivity index (χ2v) is 3.43. The summed E-state index contributed by atoms with van der Waals surface area (Å²) in [6.45, 7) is 5.32. The molecule has 60 valence electrons. The summed E-state index contributed by atoms with van der Waals surface area (Å²) in [4.78, 5) is 13.5. The predicted molar refractivity (Wildman–Crippen MR) is 43.1 cm³/mol. The SMILES string of the molecule is CC1=C2C(=O)CCCN2C1C. The van der Waals surface area contributed by atoms with Gasteiger partial charge in [-0.25, -0.2) is 0 Å². The van der Waals surface area contributed by atoms with E-state index in [0.717, 1.165) is 25.1 Å². The molecule has 2 heteroatoms. The van der Waals surface area contributed by atoms with Gasteiger partial charge in [0.1, 0.15) is 0 Å². The molecule has 1 fully saturated rings. The molecule has 2 aliphatic rings. The van der Waals surface area contributed by atoms with Crippen LogP contribution in [0.15, 0.2) is 11.3 Å². The lowest BCUT2D eigenvalue weighted by molar-refractivity contribution is -0.120. The van der Waals surface area contributed by atoms with Gasteiger partial charge < -0.3 is 4.90 Å². The predicted octanol–water partition coefficient (Wildman–Crippen LogP) is 1.33. The summed E-state index contributed by atoms with van der Waals surface area (Å²) in [6, 6.07) is 0.522. The summed E-state index contributed by atoms with van der Waals surface area (Å²) >= 11 is 0. The minimum Gasteiger partial charge on any atom is -0.362 e. The van der Waals surface area contributed by atoms with Crippen LogP contribution in [0.1, 0.15) is 26.7 Å². The number of piperidine rings is 1. The summed E-state index contributed by atoms with van der Waals surface area (Å²) < 4.78 is 0. The van der Waals surface area contributed by atoms with Gasteiger partial charge in [-0.3, -0.25) is 4.79 Å². The average molecular weight is 151 g/mol. The van der Waals surface area contributed by atoms with Crippen LogP contribution in [-0.4, -0.2) is 23.3 Å². The van der Waals surface area contributed by atoms with Crippen LogP contribution in [0.4, 0.5) is 0 Å². The number of hydrogen-bond acceptors (Lipinski definition) is 2. The van der Waals surface area contributed by atoms with E-state index in [2.05, 4.69) is 18.7 Å². The van der Waals surface area contributed by atoms with Crippen molar-refractivity contribution in [3.05, 3.63) is 11.3 Å². The van der Waals surface area contributed by atoms with Crippen LogP contribution in [0.25, 0.3) is 0 Å². The van der Waals surface area contributed by atoms with Gasteiger partial charge >= 0.3 is 0 Å². The fraction of sp³-hybridized carbons (Fsp3) is 0.667. The molecule has 2 rings (SSSR count). The van der Waals surface area contributed by atoms with E-state index in [4.69, 9.17) is 0 Å². The monoisotopic (exact) mass is 151 g/mol. The normalized spacial score (nSPS) is 30.2. The highest BCUT2D eigenvalue weighted by Gasteiger charge is 2.37. The standard InChI is InChI=1S/C9H13NO/c1-6-7(2)10-5-3-4-8(11)9(6)10/h7H,3-5H2,1-2H3. The smallest absolute Gasteiger partial charge is 0.178 e. The highest BCUT2D eigenvalue weighted by Crippen LogP contribution is 2.34. The minimum absolute atomic E-state index is 0.354. The van der Waals surface area contributed by atoms with Gasteiger partial charge in [0.25, 0.3) is 0 Å². The van der Waals surface area contributed by atoms with Crippen molar-refractivity contribution in [2.75, 3.05) is 6.54 Å². The molecule has 2 aliphatic heterocycles. The Morgan fingerprint density at radius 3 is 2.91 bits per heavy atom. The van der Waals surface area contributed by atoms with E-state index in [1.54, 1.807) is 0 Å². The molecule has 1 unspecified atom stereocenters. The Labute approximate surface area is 66.9 Å². The van der Waals surface area contributed by atoms with E-state index < -0.39 is 0 Å². The van der Waals surface area contributed by atoms with Gasteiger partial charge in [0.05, 0.1) is 5.70 Å². The second-order valence-electron chi connectivity index (χ2n) is 3.43. The molecule has 11 heavy (non-hydrogen) atoms. The highest BCUT2D eigenvalue weighted by molar-refractivity contribution is 5.98. The lowest BCUT2D eigenvalue weighted by Crippen LogP contribution is -2.49. The van der Waals surface area contributed by atoms with Gasteiger partial charge in [0.15, 0.2) is 5.78 Å². The van der Waals surface area contributed by atoms with E-state index in [1.807, 2.05) is 0 Å². The number of hydrogen-bond donors (Lipinski definition) is 0. The molecule has 0 radical (unpaired) electrons. The third-order valence-corrected chi connectivity index (χ3v) is 2.82. The molecule has 0 aromatic heterocycles. The van der Waals surface area contributed by atoms with Gasteiger partial charge in [-0.1, -0.05) is 0 Å². The van der Waals surface area contributed by atoms with Crippen LogP contribution in [0.2, 0.25) is 0 Å². The van der Waals surface area contributed by atoms with Crippen LogP contribution < -0.4 is 0 Å². The van der Waals surface area contributed by atoms with Crippen LogP contribution in [-0.2, 0) is 4.79 Å². The van der Waals surface area contributed by atoms with Gasteiger partial charge in [-0.2, -0.15) is 0 Å². The number of fused-ring (bicyclic) bond motifs is 1. The lowest BCUT2D eigenvalue weighted by atomic mass is 9.88. The van der Waals surface area contributed by atoms with Crippen molar-refractivity contribution in [1.29, 1.82) is 0 Å². The average Bonchev–Trinajstić information content (AvgIpc) is 2.03. The Hall–Kier alpha value is -0.790. The third kappa shape index (κ3) is 0.753. The summed E-state index contributed by atoms with van der Waals surface area (Å²) in [6.07, 6.45) is 1.80. The van der Waals surface area contributed by atoms with Crippen LogP contribution in [0, 0.1) is 0 Å². The molecule has 0 N–H and O–H groups in total. The van der Waals surface area contributed by atoms with Crippen molar-refractivity contribution in [2.45, 2.75) is 32.7 Å². The Morgan fingerprint density at radius 2 is 2.27 bits per heavy atom. The molecule has 1 atom stereocenters. The molecule has 0 aromatic carbocycles. The zero-order valence-corrected chi connectivity index (χ0v) is 7.05. The van der Waals surface area contributed by atoms with Crippen LogP contribution >= 0.6 is 0 Å². The number of allylic oxidation sites excluding steroid dienone is 1. The molecule has 0 aromatic rings. The molecule has 0 aliphatic carbocycles. The first-order chi connectivity index (χ1) is 5.22. The summed E-state index contributed by atoms with van der Waals surface area (Å²) in [5.41, 5.74) is 2.30. The number of rotatable bonds is 0. The number of Topliss-reactive ketones (excluding diaryl/α,β-unsaturated/α-hetero) is 1. The van der Waals surface area contributed by atoms with E-state index in [9.17, 15) is 4.79 Å². The topological polar surface area (TPSA) is 20.3 Å². The summed E-state index contributed by atoms with van der Waals surface area (Å²) in [7, 11) is 0. The Balaban J connectivity index is 2.32. The lowest BCUT2D eigenvalue weighted by Gasteiger charge is -2.46. The minimum atomic E-state index is 0.354. The number of carbonyl (C=O) groups excluding carboxylic acids is 1. The van der Waals surface area contributed by atoms with Gasteiger partial charge in [-0.15, -0.1) is 0 Å². The zero-order chi connectivity index (χ0) is 8.01. The largest absolute Gasteiger partial charge is 0.362 e. The summed E-state index contributed by atoms with van der Waals surface area (Å²) in [5.74, 6) is 0.354. The maximum Gasteiger partial charge on any atom is 0.178 e. The molecule has 0 saturated carbocycles. The molecule has 0 spiro atoms. The van der Waals surface area contributed by atoms with Gasteiger partial charge in [0, 0.05) is 19.0 Å². The molecular weight excluding hydrogens is 138 g/mol. The molecule has 0 bridgehead atoms. The van der Waals surface area contributed by atoms with Crippen LogP contribution in [0.3, 0.4) is 0 Å². The van der Waals surface area contributed by atoms with Crippen molar-refractivity contribution in [2.24, 2.45) is 0 Å². The Morgan fingerprint density at radius 1 is 1.55 bits per heavy atom. The number of nitrogens with zero attached hydrogens (tertiary/aromatic N) is 1. The molecule has 1 saturated heterocycles. The number of ketones is 1. The maximum atomic E-state index is 11.3. The van der Waals surface area contributed by atoms with Crippen LogP contribution in [0.5, 0.6) is 0 Å². The molecular formula is C9H13NO. The highest BCUT2D eigenvalue weighted by atomic mass is 16.1. The first-order valence-corrected chi connectivity index (χ1v) is 4.22. The molecule has 0 amide bonds. The molecule has 2 heterocycles. The van der Waals surface area contributed by atoms with Crippen molar-refractivity contribution in [3.63, 3.8) is 0 Å². The zero-order valence-electron chi connectivity index (χ0n) is 7.05. The fourth-order valence-corrected chi connectivity index (χ4v) is 2.00. The Bertz CT molecular complexity index is 242. The first-order valence-electron chi connectivity index (χ1n) is 4.22. The second kappa shape index (κ2) is 2.10. The van der Waals surface area contributed by atoms with Crippen molar-refractivity contribution in [3.8, 4) is 0 Å². The first kappa shape index (κ1) is 6.89. The van der Waals surface area contributed by atoms with E-state index in [1.165, 1.54) is 5.57 Å². The van der Waals surface area contributed by atoms with Crippen molar-refractivity contribution < 1.29 is 4.79 Å². The van der Waals surface area contributed by atoms with E-state index in [-0.39, 0.29) is 0 Å². The van der Waals surface area contributed by atoms with Crippen molar-refractivity contribution >= 4 is 5.78 Å². The van der Waals surface area contributed by atoms with E-state index >= 15 is 0 Å². The maximum absolute atomic E-state index is 11.3. The van der Waals surface area contributed by atoms with Gasteiger partial charge in [-0.05, 0) is 25.8 Å². The molecule has 2 nitrogen and oxygen atoms in total. The van der Waals surface area contributed by atoms with Gasteiger partial charge in [0.2, 0.25) is 0 Å². The quantitative estimate of drug-likeness (QED) is 0.520. The summed E-state index contributed by atoms with van der Waals surface area (Å²) in [5, 5.41) is 0. The van der Waals surface area contributed by atoms with E-state index in [0.29, 0.717) is 11.8 Å². The van der Waals surface area contributed by atoms with Crippen molar-refractivity contribution in [1.82, 2.24) is 4.90 Å². The Kier molecular flexibility index (Phi) is 1.31. The fourth-order valence-electron chi connectivity index (χ4n) is 2.00. The number of carbonyl (C=O) groups is 1. The third-order valence-electron chi connectivity index (χ3n) is 2.82.